The van der Waals surface area contributed by atoms with Crippen molar-refractivity contribution in [1.82, 2.24) is 0 Å². The molecule has 29 heavy (non-hydrogen) atoms. The summed E-state index contributed by atoms with van der Waals surface area (Å²) in [5.41, 5.74) is 1.46. The highest BCUT2D eigenvalue weighted by molar-refractivity contribution is 6.05. The summed E-state index contributed by atoms with van der Waals surface area (Å²) in [6.45, 7) is 0. The average Bonchev–Trinajstić information content (AvgIpc) is 3.29. The zero-order valence-corrected chi connectivity index (χ0v) is 16.1. The number of benzene rings is 2. The molecule has 0 aliphatic heterocycles. The van der Waals surface area contributed by atoms with Crippen LogP contribution in [0.25, 0.3) is 0 Å². The maximum absolute atomic E-state index is 12.6. The molecule has 0 unspecified atom stereocenters. The van der Waals surface area contributed by atoms with E-state index in [-0.39, 0.29) is 17.6 Å². The van der Waals surface area contributed by atoms with Gasteiger partial charge in [0.25, 0.3) is 11.8 Å². The maximum atomic E-state index is 12.6. The van der Waals surface area contributed by atoms with Crippen LogP contribution in [0.3, 0.4) is 0 Å². The van der Waals surface area contributed by atoms with Crippen molar-refractivity contribution >= 4 is 23.2 Å². The third-order valence-corrected chi connectivity index (χ3v) is 4.07. The minimum atomic E-state index is -0.357. The molecule has 0 saturated heterocycles. The van der Waals surface area contributed by atoms with Crippen molar-refractivity contribution in [3.8, 4) is 17.2 Å². The molecule has 0 bridgehead atoms. The first-order valence-electron chi connectivity index (χ1n) is 8.62. The zero-order chi connectivity index (χ0) is 20.8. The second-order valence-electron chi connectivity index (χ2n) is 5.88. The molecular formula is C21H20N2O6. The largest absolute Gasteiger partial charge is 0.493 e. The third-order valence-electron chi connectivity index (χ3n) is 4.07. The summed E-state index contributed by atoms with van der Waals surface area (Å²) in [7, 11) is 4.45. The van der Waals surface area contributed by atoms with Crippen LogP contribution in [0.15, 0.2) is 59.2 Å². The molecule has 3 aromatic rings. The van der Waals surface area contributed by atoms with Crippen molar-refractivity contribution in [1.29, 1.82) is 0 Å². The smallest absolute Gasteiger partial charge is 0.291 e. The fourth-order valence-corrected chi connectivity index (χ4v) is 2.65. The van der Waals surface area contributed by atoms with Gasteiger partial charge >= 0.3 is 0 Å². The van der Waals surface area contributed by atoms with Crippen LogP contribution in [-0.2, 0) is 0 Å². The predicted octanol–water partition coefficient (Wildman–Crippen LogP) is 3.81. The van der Waals surface area contributed by atoms with E-state index < -0.39 is 0 Å². The summed E-state index contributed by atoms with van der Waals surface area (Å²) in [4.78, 5) is 24.6. The van der Waals surface area contributed by atoms with Crippen LogP contribution >= 0.6 is 0 Å². The number of hydrogen-bond acceptors (Lipinski definition) is 6. The number of carbonyl (C=O) groups is 2. The van der Waals surface area contributed by atoms with E-state index in [9.17, 15) is 9.59 Å². The molecule has 3 rings (SSSR count). The molecule has 2 N–H and O–H groups in total. The van der Waals surface area contributed by atoms with Gasteiger partial charge in [0.05, 0.1) is 27.6 Å². The summed E-state index contributed by atoms with van der Waals surface area (Å²) in [5, 5.41) is 5.49. The number of nitrogens with one attached hydrogen (secondary N) is 2. The van der Waals surface area contributed by atoms with E-state index in [1.807, 2.05) is 0 Å². The molecule has 0 saturated carbocycles. The summed E-state index contributed by atoms with van der Waals surface area (Å²) < 4.78 is 20.8. The summed E-state index contributed by atoms with van der Waals surface area (Å²) in [5.74, 6) is 0.676. The molecular weight excluding hydrogens is 376 g/mol. The van der Waals surface area contributed by atoms with Crippen LogP contribution in [-0.4, -0.2) is 33.1 Å². The van der Waals surface area contributed by atoms with Gasteiger partial charge in [0.1, 0.15) is 0 Å². The lowest BCUT2D eigenvalue weighted by molar-refractivity contribution is 0.0994. The average molecular weight is 396 g/mol. The lowest BCUT2D eigenvalue weighted by atomic mass is 10.1. The van der Waals surface area contributed by atoms with Gasteiger partial charge in [-0.1, -0.05) is 0 Å². The fourth-order valence-electron chi connectivity index (χ4n) is 2.65. The number of methoxy groups -OCH3 is 3. The first-order chi connectivity index (χ1) is 14.0. The first kappa shape index (κ1) is 19.8. The Morgan fingerprint density at radius 2 is 1.34 bits per heavy atom. The number of furan rings is 1. The van der Waals surface area contributed by atoms with Gasteiger partial charge < -0.3 is 29.3 Å². The summed E-state index contributed by atoms with van der Waals surface area (Å²) in [6, 6.07) is 13.0. The van der Waals surface area contributed by atoms with Crippen LogP contribution in [0, 0.1) is 0 Å². The Bertz CT molecular complexity index is 972. The van der Waals surface area contributed by atoms with Gasteiger partial charge in [-0.2, -0.15) is 0 Å². The minimum Gasteiger partial charge on any atom is -0.493 e. The Balaban J connectivity index is 1.71. The number of amides is 2. The number of hydrogen-bond donors (Lipinski definition) is 2. The van der Waals surface area contributed by atoms with Crippen LogP contribution in [0.2, 0.25) is 0 Å². The standard InChI is InChI=1S/C21H20N2O6/c1-26-17-11-13(12-18(27-2)19(17)28-3)20(24)22-14-6-8-15(9-7-14)23-21(25)16-5-4-10-29-16/h4-12H,1-3H3,(H,22,24)(H,23,25). The highest BCUT2D eigenvalue weighted by atomic mass is 16.5. The van der Waals surface area contributed by atoms with Crippen molar-refractivity contribution in [3.63, 3.8) is 0 Å². The maximum Gasteiger partial charge on any atom is 0.291 e. The lowest BCUT2D eigenvalue weighted by Gasteiger charge is -2.14. The number of ether oxygens (including phenoxy) is 3. The Labute approximate surface area is 167 Å². The van der Waals surface area contributed by atoms with Gasteiger partial charge in [-0.3, -0.25) is 9.59 Å². The van der Waals surface area contributed by atoms with E-state index in [0.717, 1.165) is 0 Å². The van der Waals surface area contributed by atoms with Crippen LogP contribution in [0.5, 0.6) is 17.2 Å². The van der Waals surface area contributed by atoms with Crippen LogP contribution < -0.4 is 24.8 Å². The van der Waals surface area contributed by atoms with Crippen molar-refractivity contribution in [2.24, 2.45) is 0 Å². The van der Waals surface area contributed by atoms with Gasteiger partial charge in [0.2, 0.25) is 5.75 Å². The minimum absolute atomic E-state index is 0.213. The highest BCUT2D eigenvalue weighted by Gasteiger charge is 2.17. The molecule has 8 nitrogen and oxygen atoms in total. The van der Waals surface area contributed by atoms with E-state index in [0.29, 0.717) is 34.2 Å². The number of rotatable bonds is 7. The normalized spacial score (nSPS) is 10.2. The molecule has 0 radical (unpaired) electrons. The highest BCUT2D eigenvalue weighted by Crippen LogP contribution is 2.38. The quantitative estimate of drug-likeness (QED) is 0.630. The van der Waals surface area contributed by atoms with Crippen molar-refractivity contribution < 1.29 is 28.2 Å². The molecule has 2 aromatic carbocycles. The molecule has 0 aliphatic rings. The van der Waals surface area contributed by atoms with Gasteiger partial charge in [0, 0.05) is 16.9 Å². The van der Waals surface area contributed by atoms with E-state index >= 15 is 0 Å². The molecule has 8 heteroatoms. The van der Waals surface area contributed by atoms with Gasteiger partial charge in [-0.25, -0.2) is 0 Å². The van der Waals surface area contributed by atoms with Crippen molar-refractivity contribution in [3.05, 3.63) is 66.1 Å². The van der Waals surface area contributed by atoms with E-state index in [2.05, 4.69) is 10.6 Å². The Morgan fingerprint density at radius 1 is 0.793 bits per heavy atom. The first-order valence-corrected chi connectivity index (χ1v) is 8.62. The Kier molecular flexibility index (Phi) is 6.03. The molecule has 0 fully saturated rings. The second-order valence-corrected chi connectivity index (χ2v) is 5.88. The molecule has 1 aromatic heterocycles. The molecule has 1 heterocycles. The Morgan fingerprint density at radius 3 is 1.79 bits per heavy atom. The van der Waals surface area contributed by atoms with E-state index in [4.69, 9.17) is 18.6 Å². The molecule has 0 spiro atoms. The Hall–Kier alpha value is -3.94. The lowest BCUT2D eigenvalue weighted by Crippen LogP contribution is -2.13. The zero-order valence-electron chi connectivity index (χ0n) is 16.1. The summed E-state index contributed by atoms with van der Waals surface area (Å²) >= 11 is 0. The van der Waals surface area contributed by atoms with Crippen LogP contribution in [0.1, 0.15) is 20.9 Å². The fraction of sp³-hybridized carbons (Fsp3) is 0.143. The van der Waals surface area contributed by atoms with Crippen molar-refractivity contribution in [2.45, 2.75) is 0 Å². The second kappa shape index (κ2) is 8.83. The topological polar surface area (TPSA) is 99.0 Å². The molecule has 0 aliphatic carbocycles. The molecule has 150 valence electrons. The summed E-state index contributed by atoms with van der Waals surface area (Å²) in [6.07, 6.45) is 1.43. The molecule has 2 amide bonds. The molecule has 0 atom stereocenters. The monoisotopic (exact) mass is 396 g/mol. The third kappa shape index (κ3) is 4.49. The van der Waals surface area contributed by atoms with Gasteiger partial charge in [-0.15, -0.1) is 0 Å². The van der Waals surface area contributed by atoms with Crippen LogP contribution in [0.4, 0.5) is 11.4 Å². The number of carbonyl (C=O) groups excluding carboxylic acids is 2. The van der Waals surface area contributed by atoms with Crippen molar-refractivity contribution in [2.75, 3.05) is 32.0 Å². The SMILES string of the molecule is COc1cc(C(=O)Nc2ccc(NC(=O)c3ccco3)cc2)cc(OC)c1OC. The van der Waals surface area contributed by atoms with Gasteiger partial charge in [-0.05, 0) is 48.5 Å². The number of anilines is 2. The van der Waals surface area contributed by atoms with Gasteiger partial charge in [0.15, 0.2) is 17.3 Å². The van der Waals surface area contributed by atoms with E-state index in [1.165, 1.54) is 27.6 Å². The van der Waals surface area contributed by atoms with E-state index in [1.54, 1.807) is 48.5 Å². The predicted molar refractivity (Wildman–Crippen MR) is 107 cm³/mol.